The van der Waals surface area contributed by atoms with E-state index in [4.69, 9.17) is 4.74 Å². The second kappa shape index (κ2) is 8.62. The number of anilines is 1. The van der Waals surface area contributed by atoms with E-state index in [1.165, 1.54) is 7.11 Å². The van der Waals surface area contributed by atoms with E-state index in [1.54, 1.807) is 24.3 Å². The van der Waals surface area contributed by atoms with Crippen LogP contribution >= 0.6 is 0 Å². The van der Waals surface area contributed by atoms with Gasteiger partial charge in [0, 0.05) is 18.2 Å². The van der Waals surface area contributed by atoms with E-state index in [9.17, 15) is 30.7 Å². The Labute approximate surface area is 189 Å². The van der Waals surface area contributed by atoms with Crippen molar-refractivity contribution in [2.24, 2.45) is 0 Å². The molecule has 0 aliphatic carbocycles. The first-order valence-electron chi connectivity index (χ1n) is 9.75. The highest BCUT2D eigenvalue weighted by Crippen LogP contribution is 2.45. The van der Waals surface area contributed by atoms with Gasteiger partial charge in [-0.15, -0.1) is 0 Å². The summed E-state index contributed by atoms with van der Waals surface area (Å²) in [5, 5.41) is 0. The number of nitrogens with zero attached hydrogens (tertiary/aromatic N) is 1. The summed E-state index contributed by atoms with van der Waals surface area (Å²) in [7, 11) is 2.25. The van der Waals surface area contributed by atoms with Crippen LogP contribution in [0.5, 0.6) is 17.2 Å². The zero-order valence-electron chi connectivity index (χ0n) is 17.7. The smallest absolute Gasteiger partial charge is 0.415 e. The van der Waals surface area contributed by atoms with Crippen molar-refractivity contribution in [1.29, 1.82) is 0 Å². The molecule has 3 aromatic carbocycles. The summed E-state index contributed by atoms with van der Waals surface area (Å²) in [6.45, 7) is -1.11. The maximum absolute atomic E-state index is 14.8. The molecule has 0 amide bonds. The summed E-state index contributed by atoms with van der Waals surface area (Å²) in [5.74, 6) is -10.4. The Hall–Kier alpha value is -3.63. The molecule has 4 rings (SSSR count). The van der Waals surface area contributed by atoms with Crippen molar-refractivity contribution in [2.75, 3.05) is 25.7 Å². The van der Waals surface area contributed by atoms with Crippen LogP contribution in [-0.4, -0.2) is 26.9 Å². The number of fused-ring (bicyclic) bond motifs is 1. The fraction of sp³-hybridized carbons (Fsp3) is 0.217. The molecule has 0 N–H and O–H groups in total. The van der Waals surface area contributed by atoms with E-state index < -0.39 is 64.4 Å². The van der Waals surface area contributed by atoms with Crippen molar-refractivity contribution in [2.45, 2.75) is 12.7 Å². The number of rotatable bonds is 5. The molecule has 0 aromatic heterocycles. The number of methoxy groups -OCH3 is 2. The van der Waals surface area contributed by atoms with Gasteiger partial charge in [0.15, 0.2) is 23.1 Å². The summed E-state index contributed by atoms with van der Waals surface area (Å²) in [4.78, 5) is 1.09. The second-order valence-corrected chi connectivity index (χ2v) is 7.41. The lowest BCUT2D eigenvalue weighted by Crippen LogP contribution is -2.44. The molecular formula is C23H16F7NO3. The number of halogens is 7. The van der Waals surface area contributed by atoms with Gasteiger partial charge in [0.25, 0.3) is 0 Å². The highest BCUT2D eigenvalue weighted by molar-refractivity contribution is 5.75. The van der Waals surface area contributed by atoms with Crippen LogP contribution in [0, 0.1) is 29.1 Å². The Kier molecular flexibility index (Phi) is 5.96. The fourth-order valence-corrected chi connectivity index (χ4v) is 3.68. The van der Waals surface area contributed by atoms with E-state index in [0.717, 1.165) is 18.1 Å². The molecule has 0 unspecified atom stereocenters. The van der Waals surface area contributed by atoms with Crippen LogP contribution in [0.2, 0.25) is 0 Å². The van der Waals surface area contributed by atoms with Crippen LogP contribution in [0.3, 0.4) is 0 Å². The molecule has 0 saturated heterocycles. The van der Waals surface area contributed by atoms with Crippen molar-refractivity contribution in [3.05, 3.63) is 71.0 Å². The van der Waals surface area contributed by atoms with Crippen molar-refractivity contribution in [3.63, 3.8) is 0 Å². The van der Waals surface area contributed by atoms with Gasteiger partial charge in [0.05, 0.1) is 25.5 Å². The van der Waals surface area contributed by atoms with Crippen molar-refractivity contribution in [1.82, 2.24) is 0 Å². The first-order chi connectivity index (χ1) is 16.1. The summed E-state index contributed by atoms with van der Waals surface area (Å²) < 4.78 is 115. The van der Waals surface area contributed by atoms with Crippen LogP contribution < -0.4 is 19.1 Å². The summed E-state index contributed by atoms with van der Waals surface area (Å²) in [6, 6.07) is 7.68. The number of ether oxygens (including phenoxy) is 3. The maximum Gasteiger partial charge on any atom is 0.415 e. The topological polar surface area (TPSA) is 30.9 Å². The molecule has 180 valence electrons. The summed E-state index contributed by atoms with van der Waals surface area (Å²) in [5.41, 5.74) is -1.84. The minimum absolute atomic E-state index is 0.128. The molecule has 1 aliphatic heterocycles. The molecule has 0 atom stereocenters. The normalized spacial score (nSPS) is 14.4. The molecule has 0 bridgehead atoms. The Bertz CT molecular complexity index is 1220. The molecule has 11 heteroatoms. The van der Waals surface area contributed by atoms with E-state index in [0.29, 0.717) is 17.4 Å². The summed E-state index contributed by atoms with van der Waals surface area (Å²) >= 11 is 0. The summed E-state index contributed by atoms with van der Waals surface area (Å²) in [6.07, 6.45) is -3.71. The Morgan fingerprint density at radius 1 is 0.882 bits per heavy atom. The average molecular weight is 487 g/mol. The van der Waals surface area contributed by atoms with E-state index in [1.807, 2.05) is 0 Å². The van der Waals surface area contributed by atoms with Crippen LogP contribution in [0.1, 0.15) is 5.56 Å². The molecule has 4 nitrogen and oxygen atoms in total. The van der Waals surface area contributed by atoms with Crippen LogP contribution in [0.25, 0.3) is 11.1 Å². The molecule has 1 heterocycles. The largest absolute Gasteiger partial charge is 0.497 e. The lowest BCUT2D eigenvalue weighted by Gasteiger charge is -2.36. The van der Waals surface area contributed by atoms with E-state index in [2.05, 4.69) is 9.47 Å². The molecule has 0 saturated carbocycles. The van der Waals surface area contributed by atoms with E-state index in [-0.39, 0.29) is 12.2 Å². The Morgan fingerprint density at radius 3 is 2.06 bits per heavy atom. The van der Waals surface area contributed by atoms with Gasteiger partial charge in [-0.2, -0.15) is 17.6 Å². The van der Waals surface area contributed by atoms with Crippen LogP contribution in [0.4, 0.5) is 36.4 Å². The van der Waals surface area contributed by atoms with E-state index >= 15 is 0 Å². The highest BCUT2D eigenvalue weighted by Gasteiger charge is 2.41. The van der Waals surface area contributed by atoms with Gasteiger partial charge in [-0.05, 0) is 23.8 Å². The van der Waals surface area contributed by atoms with Gasteiger partial charge >= 0.3 is 6.11 Å². The Balaban J connectivity index is 1.85. The number of alkyl halides is 2. The third-order valence-electron chi connectivity index (χ3n) is 5.25. The molecule has 0 fully saturated rings. The van der Waals surface area contributed by atoms with Crippen molar-refractivity contribution >= 4 is 5.69 Å². The van der Waals surface area contributed by atoms with Crippen molar-refractivity contribution in [3.8, 4) is 28.4 Å². The predicted octanol–water partition coefficient (Wildman–Crippen LogP) is 6.06. The lowest BCUT2D eigenvalue weighted by molar-refractivity contribution is -0.172. The van der Waals surface area contributed by atoms with Gasteiger partial charge in [0.1, 0.15) is 18.1 Å². The monoisotopic (exact) mass is 487 g/mol. The zero-order chi connectivity index (χ0) is 24.8. The third-order valence-corrected chi connectivity index (χ3v) is 5.25. The fourth-order valence-electron chi connectivity index (χ4n) is 3.68. The second-order valence-electron chi connectivity index (χ2n) is 7.41. The molecule has 0 spiro atoms. The van der Waals surface area contributed by atoms with Crippen LogP contribution in [0.15, 0.2) is 36.4 Å². The molecule has 34 heavy (non-hydrogen) atoms. The first-order valence-corrected chi connectivity index (χ1v) is 9.75. The molecular weight excluding hydrogens is 471 g/mol. The molecule has 3 aromatic rings. The van der Waals surface area contributed by atoms with Gasteiger partial charge in [-0.3, -0.25) is 0 Å². The third kappa shape index (κ3) is 4.06. The number of benzene rings is 3. The molecule has 1 aliphatic rings. The average Bonchev–Trinajstić information content (AvgIpc) is 2.79. The Morgan fingerprint density at radius 2 is 1.50 bits per heavy atom. The molecule has 0 radical (unpaired) electrons. The number of hydrogen-bond acceptors (Lipinski definition) is 4. The number of hydrogen-bond donors (Lipinski definition) is 0. The highest BCUT2D eigenvalue weighted by atomic mass is 19.3. The van der Waals surface area contributed by atoms with Gasteiger partial charge < -0.3 is 19.1 Å². The van der Waals surface area contributed by atoms with Gasteiger partial charge in [0.2, 0.25) is 11.6 Å². The minimum atomic E-state index is -3.71. The maximum atomic E-state index is 14.8. The first kappa shape index (κ1) is 23.5. The van der Waals surface area contributed by atoms with Crippen molar-refractivity contribution < 1.29 is 44.9 Å². The minimum Gasteiger partial charge on any atom is -0.497 e. The van der Waals surface area contributed by atoms with Gasteiger partial charge in [-0.25, -0.2) is 13.2 Å². The standard InChI is InChI=1S/C23H16F7NO3/c1-32-12-5-3-11(4-6-12)9-31-10-23(29,30)34-16-8-14(24)13(7-15(16)31)17-18(25)20(27)22(33-2)21(28)19(17)26/h3-8H,9-10H2,1-2H3. The lowest BCUT2D eigenvalue weighted by atomic mass is 10.00. The zero-order valence-corrected chi connectivity index (χ0v) is 17.7. The van der Waals surface area contributed by atoms with Crippen LogP contribution in [-0.2, 0) is 6.54 Å². The van der Waals surface area contributed by atoms with Gasteiger partial charge in [-0.1, -0.05) is 12.1 Å². The quantitative estimate of drug-likeness (QED) is 0.324. The predicted molar refractivity (Wildman–Crippen MR) is 108 cm³/mol. The SMILES string of the molecule is COc1ccc(CN2CC(F)(F)Oc3cc(F)c(-c4c(F)c(F)c(OC)c(F)c4F)cc32)cc1.